The molecule has 1 amide bonds. The standard InChI is InChI=1S/C13H15Cl2N5O/c14-10-2-1-3-11(15)13(10)17-12(21)5-7-20-8-9(4-6-16)18-19-20/h1-3,8H,4-7,16H2,(H,17,21). The van der Waals surface area contributed by atoms with Crippen LogP contribution in [-0.2, 0) is 17.8 Å². The van der Waals surface area contributed by atoms with E-state index in [1.165, 1.54) is 0 Å². The van der Waals surface area contributed by atoms with Gasteiger partial charge in [-0.1, -0.05) is 34.5 Å². The molecule has 0 atom stereocenters. The molecule has 0 saturated carbocycles. The molecule has 0 unspecified atom stereocenters. The summed E-state index contributed by atoms with van der Waals surface area (Å²) in [7, 11) is 0. The number of hydrogen-bond acceptors (Lipinski definition) is 4. The first-order valence-electron chi connectivity index (χ1n) is 6.43. The van der Waals surface area contributed by atoms with E-state index in [1.54, 1.807) is 29.1 Å². The Labute approximate surface area is 132 Å². The molecule has 0 fully saturated rings. The first-order chi connectivity index (χ1) is 10.1. The lowest BCUT2D eigenvalue weighted by Gasteiger charge is -2.08. The average molecular weight is 328 g/mol. The van der Waals surface area contributed by atoms with Crippen molar-refractivity contribution in [1.29, 1.82) is 0 Å². The number of amides is 1. The molecule has 0 spiro atoms. The number of halogens is 2. The van der Waals surface area contributed by atoms with Gasteiger partial charge in [-0.15, -0.1) is 5.10 Å². The maximum Gasteiger partial charge on any atom is 0.226 e. The second kappa shape index (κ2) is 7.40. The lowest BCUT2D eigenvalue weighted by atomic mass is 10.3. The summed E-state index contributed by atoms with van der Waals surface area (Å²) in [5.74, 6) is -0.194. The number of benzene rings is 1. The molecule has 1 heterocycles. The van der Waals surface area contributed by atoms with Gasteiger partial charge in [0.2, 0.25) is 5.91 Å². The number of nitrogens with two attached hydrogens (primary N) is 1. The lowest BCUT2D eigenvalue weighted by Crippen LogP contribution is -2.15. The predicted molar refractivity (Wildman–Crippen MR) is 82.5 cm³/mol. The van der Waals surface area contributed by atoms with Crippen molar-refractivity contribution in [3.63, 3.8) is 0 Å². The second-order valence-electron chi connectivity index (χ2n) is 4.41. The fourth-order valence-corrected chi connectivity index (χ4v) is 2.24. The quantitative estimate of drug-likeness (QED) is 0.850. The van der Waals surface area contributed by atoms with Crippen molar-refractivity contribution in [3.8, 4) is 0 Å². The highest BCUT2D eigenvalue weighted by Gasteiger charge is 2.10. The number of anilines is 1. The number of nitrogens with zero attached hydrogens (tertiary/aromatic N) is 3. The van der Waals surface area contributed by atoms with Crippen molar-refractivity contribution in [2.75, 3.05) is 11.9 Å². The molecular weight excluding hydrogens is 313 g/mol. The zero-order valence-corrected chi connectivity index (χ0v) is 12.7. The van der Waals surface area contributed by atoms with Gasteiger partial charge in [-0.2, -0.15) is 0 Å². The van der Waals surface area contributed by atoms with Crippen LogP contribution < -0.4 is 11.1 Å². The molecular formula is C13H15Cl2N5O. The van der Waals surface area contributed by atoms with Crippen LogP contribution in [0.1, 0.15) is 12.1 Å². The summed E-state index contributed by atoms with van der Waals surface area (Å²) in [6.07, 6.45) is 2.69. The van der Waals surface area contributed by atoms with E-state index in [1.807, 2.05) is 0 Å². The summed E-state index contributed by atoms with van der Waals surface area (Å²) >= 11 is 12.0. The van der Waals surface area contributed by atoms with Crippen molar-refractivity contribution in [1.82, 2.24) is 15.0 Å². The topological polar surface area (TPSA) is 85.8 Å². The van der Waals surface area contributed by atoms with Gasteiger partial charge < -0.3 is 11.1 Å². The van der Waals surface area contributed by atoms with Crippen molar-refractivity contribution >= 4 is 34.8 Å². The Hall–Kier alpha value is -1.63. The van der Waals surface area contributed by atoms with Crippen LogP contribution in [0.3, 0.4) is 0 Å². The smallest absolute Gasteiger partial charge is 0.226 e. The van der Waals surface area contributed by atoms with Crippen molar-refractivity contribution < 1.29 is 4.79 Å². The Morgan fingerprint density at radius 1 is 1.33 bits per heavy atom. The number of carbonyl (C=O) groups excluding carboxylic acids is 1. The number of rotatable bonds is 6. The van der Waals surface area contributed by atoms with E-state index in [4.69, 9.17) is 28.9 Å². The molecule has 0 saturated heterocycles. The second-order valence-corrected chi connectivity index (χ2v) is 5.22. The van der Waals surface area contributed by atoms with Crippen LogP contribution in [0.4, 0.5) is 5.69 Å². The summed E-state index contributed by atoms with van der Waals surface area (Å²) in [5.41, 5.74) is 6.68. The van der Waals surface area contributed by atoms with Crippen LogP contribution in [0.5, 0.6) is 0 Å². The maximum atomic E-state index is 11.9. The van der Waals surface area contributed by atoms with E-state index in [0.29, 0.717) is 35.2 Å². The van der Waals surface area contributed by atoms with Crippen molar-refractivity contribution in [3.05, 3.63) is 40.1 Å². The van der Waals surface area contributed by atoms with Gasteiger partial charge in [0.25, 0.3) is 0 Å². The number of carbonyl (C=O) groups is 1. The monoisotopic (exact) mass is 327 g/mol. The van der Waals surface area contributed by atoms with Crippen molar-refractivity contribution in [2.24, 2.45) is 5.73 Å². The molecule has 2 rings (SSSR count). The van der Waals surface area contributed by atoms with Crippen LogP contribution in [-0.4, -0.2) is 27.4 Å². The fourth-order valence-electron chi connectivity index (χ4n) is 1.75. The summed E-state index contributed by atoms with van der Waals surface area (Å²) in [6, 6.07) is 5.05. The SMILES string of the molecule is NCCc1cn(CCC(=O)Nc2c(Cl)cccc2Cl)nn1. The zero-order chi connectivity index (χ0) is 15.2. The van der Waals surface area contributed by atoms with Crippen LogP contribution in [0.25, 0.3) is 0 Å². The van der Waals surface area contributed by atoms with Crippen molar-refractivity contribution in [2.45, 2.75) is 19.4 Å². The molecule has 21 heavy (non-hydrogen) atoms. The van der Waals surface area contributed by atoms with Gasteiger partial charge in [-0.25, -0.2) is 0 Å². The third kappa shape index (κ3) is 4.42. The summed E-state index contributed by atoms with van der Waals surface area (Å²) in [5, 5.41) is 11.4. The minimum Gasteiger partial charge on any atom is -0.330 e. The Kier molecular flexibility index (Phi) is 5.55. The predicted octanol–water partition coefficient (Wildman–Crippen LogP) is 2.11. The number of nitrogens with one attached hydrogen (secondary N) is 1. The molecule has 0 bridgehead atoms. The summed E-state index contributed by atoms with van der Waals surface area (Å²) in [6.45, 7) is 0.940. The maximum absolute atomic E-state index is 11.9. The zero-order valence-electron chi connectivity index (χ0n) is 11.2. The van der Waals surface area contributed by atoms with Gasteiger partial charge in [0.1, 0.15) is 0 Å². The normalized spacial score (nSPS) is 10.6. The molecule has 6 nitrogen and oxygen atoms in total. The molecule has 3 N–H and O–H groups in total. The number of hydrogen-bond donors (Lipinski definition) is 2. The summed E-state index contributed by atoms with van der Waals surface area (Å²) in [4.78, 5) is 11.9. The molecule has 0 aliphatic rings. The highest BCUT2D eigenvalue weighted by atomic mass is 35.5. The number of aryl methyl sites for hydroxylation is 1. The minimum atomic E-state index is -0.194. The van der Waals surface area contributed by atoms with Gasteiger partial charge in [0.05, 0.1) is 28.0 Å². The largest absolute Gasteiger partial charge is 0.330 e. The Morgan fingerprint density at radius 2 is 2.05 bits per heavy atom. The average Bonchev–Trinajstić information content (AvgIpc) is 2.89. The summed E-state index contributed by atoms with van der Waals surface area (Å²) < 4.78 is 1.61. The fraction of sp³-hybridized carbons (Fsp3) is 0.308. The van der Waals surface area contributed by atoms with Crippen LogP contribution >= 0.6 is 23.2 Å². The van der Waals surface area contributed by atoms with E-state index in [2.05, 4.69) is 15.6 Å². The third-order valence-corrected chi connectivity index (χ3v) is 3.41. The van der Waals surface area contributed by atoms with Gasteiger partial charge in [0.15, 0.2) is 0 Å². The van der Waals surface area contributed by atoms with Crippen LogP contribution in [0, 0.1) is 0 Å². The number of para-hydroxylation sites is 1. The highest BCUT2D eigenvalue weighted by Crippen LogP contribution is 2.29. The van der Waals surface area contributed by atoms with Crippen LogP contribution in [0.2, 0.25) is 10.0 Å². The van der Waals surface area contributed by atoms with Crippen LogP contribution in [0.15, 0.2) is 24.4 Å². The molecule has 1 aromatic heterocycles. The number of aromatic nitrogens is 3. The Balaban J connectivity index is 1.90. The Morgan fingerprint density at radius 3 is 2.71 bits per heavy atom. The van der Waals surface area contributed by atoms with Gasteiger partial charge in [0, 0.05) is 19.0 Å². The molecule has 2 aromatic rings. The minimum absolute atomic E-state index is 0.194. The molecule has 0 aliphatic carbocycles. The molecule has 112 valence electrons. The van der Waals surface area contributed by atoms with Gasteiger partial charge in [-0.3, -0.25) is 9.48 Å². The Bertz CT molecular complexity index is 609. The van der Waals surface area contributed by atoms with E-state index in [9.17, 15) is 4.79 Å². The molecule has 0 aliphatic heterocycles. The van der Waals surface area contributed by atoms with Gasteiger partial charge in [-0.05, 0) is 18.7 Å². The van der Waals surface area contributed by atoms with E-state index < -0.39 is 0 Å². The third-order valence-electron chi connectivity index (χ3n) is 2.78. The first-order valence-corrected chi connectivity index (χ1v) is 7.18. The van der Waals surface area contributed by atoms with Gasteiger partial charge >= 0.3 is 0 Å². The highest BCUT2D eigenvalue weighted by molar-refractivity contribution is 6.39. The molecule has 0 radical (unpaired) electrons. The first kappa shape index (κ1) is 15.8. The van der Waals surface area contributed by atoms with E-state index in [-0.39, 0.29) is 12.3 Å². The lowest BCUT2D eigenvalue weighted by molar-refractivity contribution is -0.116. The molecule has 1 aromatic carbocycles. The van der Waals surface area contributed by atoms with E-state index in [0.717, 1.165) is 5.69 Å². The van der Waals surface area contributed by atoms with E-state index >= 15 is 0 Å². The molecule has 8 heteroatoms.